The van der Waals surface area contributed by atoms with E-state index in [9.17, 15) is 0 Å². The van der Waals surface area contributed by atoms with Gasteiger partial charge in [-0.3, -0.25) is 4.90 Å². The average Bonchev–Trinajstić information content (AvgIpc) is 3.21. The van der Waals surface area contributed by atoms with Crippen LogP contribution < -0.4 is 4.90 Å². The van der Waals surface area contributed by atoms with Crippen LogP contribution in [0.1, 0.15) is 16.7 Å². The quantitative estimate of drug-likeness (QED) is 0.696. The van der Waals surface area contributed by atoms with Crippen molar-refractivity contribution in [1.82, 2.24) is 14.3 Å². The zero-order valence-electron chi connectivity index (χ0n) is 15.3. The molecule has 1 saturated heterocycles. The first-order valence-electron chi connectivity index (χ1n) is 9.09. The second-order valence-corrected chi connectivity index (χ2v) is 7.51. The van der Waals surface area contributed by atoms with Crippen molar-refractivity contribution in [2.45, 2.75) is 13.5 Å². The second kappa shape index (κ2) is 7.87. The number of hydrogen-bond donors (Lipinski definition) is 0. The van der Waals surface area contributed by atoms with Crippen molar-refractivity contribution in [3.05, 3.63) is 65.2 Å². The number of benzene rings is 2. The molecule has 0 bridgehead atoms. The number of anilines is 1. The Morgan fingerprint density at radius 2 is 1.89 bits per heavy atom. The van der Waals surface area contributed by atoms with E-state index in [1.807, 2.05) is 18.2 Å². The molecule has 1 aliphatic heterocycles. The fraction of sp³-hybridized carbons (Fsp3) is 0.286. The van der Waals surface area contributed by atoms with Gasteiger partial charge in [0, 0.05) is 49.8 Å². The molecule has 4 rings (SSSR count). The minimum absolute atomic E-state index is 0.633. The summed E-state index contributed by atoms with van der Waals surface area (Å²) < 4.78 is 4.50. The molecular formula is C21H21N5S. The SMILES string of the molecule is Cc1ccccc1CN1CCN(c2nc(-c3cccc(C#N)c3)ns2)CC1. The molecule has 0 saturated carbocycles. The van der Waals surface area contributed by atoms with Gasteiger partial charge in [0.15, 0.2) is 5.82 Å². The van der Waals surface area contributed by atoms with Gasteiger partial charge in [-0.25, -0.2) is 0 Å². The van der Waals surface area contributed by atoms with Gasteiger partial charge in [-0.2, -0.15) is 14.6 Å². The van der Waals surface area contributed by atoms with E-state index in [1.54, 1.807) is 6.07 Å². The highest BCUT2D eigenvalue weighted by Crippen LogP contribution is 2.25. The predicted molar refractivity (Wildman–Crippen MR) is 109 cm³/mol. The van der Waals surface area contributed by atoms with E-state index in [-0.39, 0.29) is 0 Å². The zero-order chi connectivity index (χ0) is 18.6. The second-order valence-electron chi connectivity index (χ2n) is 6.78. The molecule has 0 spiro atoms. The van der Waals surface area contributed by atoms with Crippen LogP contribution in [0.3, 0.4) is 0 Å². The van der Waals surface area contributed by atoms with Gasteiger partial charge in [0.05, 0.1) is 11.6 Å². The maximum Gasteiger partial charge on any atom is 0.205 e. The Hall–Kier alpha value is -2.75. The highest BCUT2D eigenvalue weighted by molar-refractivity contribution is 7.09. The molecule has 1 fully saturated rings. The minimum atomic E-state index is 0.633. The molecular weight excluding hydrogens is 354 g/mol. The molecule has 27 heavy (non-hydrogen) atoms. The van der Waals surface area contributed by atoms with E-state index in [1.165, 1.54) is 22.7 Å². The first kappa shape index (κ1) is 17.7. The van der Waals surface area contributed by atoms with Crippen LogP contribution in [0.4, 0.5) is 5.13 Å². The molecule has 2 heterocycles. The van der Waals surface area contributed by atoms with Gasteiger partial charge in [0.25, 0.3) is 0 Å². The molecule has 0 N–H and O–H groups in total. The Labute approximate surface area is 163 Å². The number of nitriles is 1. The maximum absolute atomic E-state index is 9.06. The van der Waals surface area contributed by atoms with Crippen LogP contribution in [0.2, 0.25) is 0 Å². The lowest BCUT2D eigenvalue weighted by Crippen LogP contribution is -2.46. The van der Waals surface area contributed by atoms with Crippen molar-refractivity contribution < 1.29 is 0 Å². The van der Waals surface area contributed by atoms with E-state index >= 15 is 0 Å². The first-order chi connectivity index (χ1) is 13.2. The summed E-state index contributed by atoms with van der Waals surface area (Å²) in [6, 6.07) is 18.2. The molecule has 0 aliphatic carbocycles. The molecule has 1 aliphatic rings. The molecule has 136 valence electrons. The lowest BCUT2D eigenvalue weighted by atomic mass is 10.1. The third-order valence-corrected chi connectivity index (χ3v) is 5.74. The number of rotatable bonds is 4. The smallest absolute Gasteiger partial charge is 0.205 e. The summed E-state index contributed by atoms with van der Waals surface area (Å²) in [4.78, 5) is 9.51. The Morgan fingerprint density at radius 1 is 1.07 bits per heavy atom. The predicted octanol–water partition coefficient (Wildman–Crippen LogP) is 3.71. The molecule has 0 radical (unpaired) electrons. The standard InChI is InChI=1S/C21H21N5S/c1-16-5-2-3-7-19(16)15-25-9-11-26(12-10-25)21-23-20(24-27-21)18-8-4-6-17(13-18)14-22/h2-8,13H,9-12,15H2,1H3. The summed E-state index contributed by atoms with van der Waals surface area (Å²) in [7, 11) is 0. The van der Waals surface area contributed by atoms with E-state index in [0.29, 0.717) is 11.4 Å². The van der Waals surface area contributed by atoms with Crippen LogP contribution in [-0.2, 0) is 6.54 Å². The molecule has 0 amide bonds. The van der Waals surface area contributed by atoms with Crippen LogP contribution in [0.15, 0.2) is 48.5 Å². The summed E-state index contributed by atoms with van der Waals surface area (Å²) in [6.45, 7) is 7.14. The summed E-state index contributed by atoms with van der Waals surface area (Å²) in [5.41, 5.74) is 4.29. The Bertz CT molecular complexity index is 966. The summed E-state index contributed by atoms with van der Waals surface area (Å²) in [5.74, 6) is 0.703. The third kappa shape index (κ3) is 4.00. The van der Waals surface area contributed by atoms with E-state index in [4.69, 9.17) is 10.2 Å². The molecule has 3 aromatic rings. The van der Waals surface area contributed by atoms with Gasteiger partial charge < -0.3 is 4.90 Å². The van der Waals surface area contributed by atoms with Crippen LogP contribution in [0.25, 0.3) is 11.4 Å². The monoisotopic (exact) mass is 375 g/mol. The number of nitrogens with zero attached hydrogens (tertiary/aromatic N) is 5. The molecule has 6 heteroatoms. The van der Waals surface area contributed by atoms with Crippen LogP contribution >= 0.6 is 11.5 Å². The third-order valence-electron chi connectivity index (χ3n) is 4.96. The summed E-state index contributed by atoms with van der Waals surface area (Å²) >= 11 is 1.44. The zero-order valence-corrected chi connectivity index (χ0v) is 16.1. The van der Waals surface area contributed by atoms with Crippen molar-refractivity contribution in [3.63, 3.8) is 0 Å². The fourth-order valence-electron chi connectivity index (χ4n) is 3.31. The van der Waals surface area contributed by atoms with Gasteiger partial charge in [-0.15, -0.1) is 0 Å². The van der Waals surface area contributed by atoms with Crippen molar-refractivity contribution in [2.75, 3.05) is 31.1 Å². The van der Waals surface area contributed by atoms with Gasteiger partial charge in [-0.1, -0.05) is 36.4 Å². The largest absolute Gasteiger partial charge is 0.344 e. The minimum Gasteiger partial charge on any atom is -0.344 e. The van der Waals surface area contributed by atoms with Crippen molar-refractivity contribution in [2.24, 2.45) is 0 Å². The topological polar surface area (TPSA) is 56.0 Å². The van der Waals surface area contributed by atoms with Crippen molar-refractivity contribution in [1.29, 1.82) is 5.26 Å². The molecule has 0 unspecified atom stereocenters. The molecule has 2 aromatic carbocycles. The maximum atomic E-state index is 9.06. The lowest BCUT2D eigenvalue weighted by Gasteiger charge is -2.34. The normalized spacial score (nSPS) is 14.9. The Kier molecular flexibility index (Phi) is 5.14. The summed E-state index contributed by atoms with van der Waals surface area (Å²) in [6.07, 6.45) is 0. The van der Waals surface area contributed by atoms with E-state index in [0.717, 1.165) is 43.4 Å². The van der Waals surface area contributed by atoms with Gasteiger partial charge >= 0.3 is 0 Å². The number of aryl methyl sites for hydroxylation is 1. The van der Waals surface area contributed by atoms with Crippen LogP contribution in [0.5, 0.6) is 0 Å². The van der Waals surface area contributed by atoms with E-state index < -0.39 is 0 Å². The van der Waals surface area contributed by atoms with Crippen LogP contribution in [-0.4, -0.2) is 40.4 Å². The molecule has 1 aromatic heterocycles. The van der Waals surface area contributed by atoms with Crippen molar-refractivity contribution >= 4 is 16.7 Å². The molecule has 0 atom stereocenters. The average molecular weight is 376 g/mol. The number of piperazine rings is 1. The lowest BCUT2D eigenvalue weighted by molar-refractivity contribution is 0.249. The summed E-state index contributed by atoms with van der Waals surface area (Å²) in [5, 5.41) is 10.0. The fourth-order valence-corrected chi connectivity index (χ4v) is 4.05. The van der Waals surface area contributed by atoms with Crippen molar-refractivity contribution in [3.8, 4) is 17.5 Å². The Balaban J connectivity index is 1.39. The molecule has 5 nitrogen and oxygen atoms in total. The number of hydrogen-bond acceptors (Lipinski definition) is 6. The highest BCUT2D eigenvalue weighted by Gasteiger charge is 2.20. The van der Waals surface area contributed by atoms with Gasteiger partial charge in [0.1, 0.15) is 0 Å². The Morgan fingerprint density at radius 3 is 2.67 bits per heavy atom. The first-order valence-corrected chi connectivity index (χ1v) is 9.86. The number of aromatic nitrogens is 2. The highest BCUT2D eigenvalue weighted by atomic mass is 32.1. The van der Waals surface area contributed by atoms with Crippen LogP contribution in [0, 0.1) is 18.3 Å². The van der Waals surface area contributed by atoms with Gasteiger partial charge in [-0.05, 0) is 30.2 Å². The van der Waals surface area contributed by atoms with E-state index in [2.05, 4.69) is 51.4 Å². The van der Waals surface area contributed by atoms with Gasteiger partial charge in [0.2, 0.25) is 5.13 Å².